The molecule has 0 heterocycles. The van der Waals surface area contributed by atoms with Gasteiger partial charge in [-0.05, 0) is 59.8 Å². The summed E-state index contributed by atoms with van der Waals surface area (Å²) in [6.45, 7) is 3.35. The van der Waals surface area contributed by atoms with E-state index in [0.717, 1.165) is 30.5 Å². The van der Waals surface area contributed by atoms with Gasteiger partial charge in [-0.25, -0.2) is 0 Å². The van der Waals surface area contributed by atoms with E-state index in [0.29, 0.717) is 12.1 Å². The van der Waals surface area contributed by atoms with Crippen molar-refractivity contribution in [3.05, 3.63) is 95.7 Å². The van der Waals surface area contributed by atoms with Crippen molar-refractivity contribution in [1.29, 1.82) is 0 Å². The SMILES string of the molecule is C=CNC(=O)c1cccc(C(=O)Nc2ccc(-c3ccc(N)cc3C(F)(F)F)c(C(F)(F)F)c2)c1. The van der Waals surface area contributed by atoms with Crippen molar-refractivity contribution in [1.82, 2.24) is 5.32 Å². The number of hydrogen-bond acceptors (Lipinski definition) is 3. The van der Waals surface area contributed by atoms with Gasteiger partial charge >= 0.3 is 12.4 Å². The van der Waals surface area contributed by atoms with Gasteiger partial charge in [0, 0.05) is 22.5 Å². The molecule has 0 radical (unpaired) electrons. The number of carbonyl (C=O) groups is 2. The highest BCUT2D eigenvalue weighted by Crippen LogP contribution is 2.44. The summed E-state index contributed by atoms with van der Waals surface area (Å²) in [5, 5.41) is 4.59. The van der Waals surface area contributed by atoms with Crippen molar-refractivity contribution in [2.75, 3.05) is 11.1 Å². The maximum absolute atomic E-state index is 13.8. The third kappa shape index (κ3) is 5.81. The molecule has 0 bridgehead atoms. The summed E-state index contributed by atoms with van der Waals surface area (Å²) in [6, 6.07) is 10.3. The first-order valence-electron chi connectivity index (χ1n) is 9.83. The van der Waals surface area contributed by atoms with Gasteiger partial charge in [0.15, 0.2) is 0 Å². The fraction of sp³-hybridized carbons (Fsp3) is 0.0833. The molecule has 0 atom stereocenters. The van der Waals surface area contributed by atoms with Gasteiger partial charge in [0.2, 0.25) is 0 Å². The molecule has 5 nitrogen and oxygen atoms in total. The Hall–Kier alpha value is -4.28. The summed E-state index contributed by atoms with van der Waals surface area (Å²) in [5.74, 6) is -1.38. The summed E-state index contributed by atoms with van der Waals surface area (Å²) >= 11 is 0. The quantitative estimate of drug-likeness (QED) is 0.297. The fourth-order valence-electron chi connectivity index (χ4n) is 3.30. The molecule has 3 aromatic carbocycles. The van der Waals surface area contributed by atoms with Crippen LogP contribution >= 0.6 is 0 Å². The van der Waals surface area contributed by atoms with Crippen molar-refractivity contribution in [2.45, 2.75) is 12.4 Å². The van der Waals surface area contributed by atoms with Crippen LogP contribution in [0, 0.1) is 0 Å². The van der Waals surface area contributed by atoms with Crippen LogP contribution in [0.15, 0.2) is 73.4 Å². The zero-order valence-corrected chi connectivity index (χ0v) is 17.7. The molecule has 0 saturated heterocycles. The molecule has 0 spiro atoms. The molecule has 3 aromatic rings. The van der Waals surface area contributed by atoms with Crippen LogP contribution in [-0.4, -0.2) is 11.8 Å². The number of carbonyl (C=O) groups excluding carboxylic acids is 2. The number of alkyl halides is 6. The van der Waals surface area contributed by atoms with E-state index in [1.165, 1.54) is 24.3 Å². The lowest BCUT2D eigenvalue weighted by atomic mass is 9.93. The molecule has 0 aliphatic carbocycles. The minimum atomic E-state index is -5.04. The zero-order valence-electron chi connectivity index (χ0n) is 17.7. The van der Waals surface area contributed by atoms with E-state index in [2.05, 4.69) is 17.2 Å². The molecule has 0 aromatic heterocycles. The van der Waals surface area contributed by atoms with Crippen molar-refractivity contribution < 1.29 is 35.9 Å². The lowest BCUT2D eigenvalue weighted by molar-refractivity contribution is -0.139. The Morgan fingerprint density at radius 1 is 0.771 bits per heavy atom. The number of nitrogens with two attached hydrogens (primary N) is 1. The lowest BCUT2D eigenvalue weighted by Crippen LogP contribution is -2.18. The molecule has 0 aliphatic heterocycles. The van der Waals surface area contributed by atoms with Crippen molar-refractivity contribution in [2.24, 2.45) is 0 Å². The number of nitrogen functional groups attached to an aromatic ring is 1. The molecule has 0 aliphatic rings. The first-order chi connectivity index (χ1) is 16.3. The predicted molar refractivity (Wildman–Crippen MR) is 118 cm³/mol. The van der Waals surface area contributed by atoms with Crippen LogP contribution in [-0.2, 0) is 12.4 Å². The van der Waals surface area contributed by atoms with Gasteiger partial charge in [-0.3, -0.25) is 9.59 Å². The fourth-order valence-corrected chi connectivity index (χ4v) is 3.30. The van der Waals surface area contributed by atoms with Gasteiger partial charge in [-0.2, -0.15) is 26.3 Å². The highest BCUT2D eigenvalue weighted by molar-refractivity contribution is 6.06. The predicted octanol–water partition coefficient (Wildman–Crippen LogP) is 6.10. The van der Waals surface area contributed by atoms with Gasteiger partial charge in [-0.15, -0.1) is 0 Å². The molecule has 4 N–H and O–H groups in total. The number of amides is 2. The van der Waals surface area contributed by atoms with E-state index in [-0.39, 0.29) is 22.5 Å². The summed E-state index contributed by atoms with van der Waals surface area (Å²) in [4.78, 5) is 24.5. The number of anilines is 2. The number of nitrogens with one attached hydrogen (secondary N) is 2. The van der Waals surface area contributed by atoms with Crippen LogP contribution in [0.25, 0.3) is 11.1 Å². The van der Waals surface area contributed by atoms with E-state index in [9.17, 15) is 35.9 Å². The van der Waals surface area contributed by atoms with Crippen molar-refractivity contribution >= 4 is 23.2 Å². The largest absolute Gasteiger partial charge is 0.417 e. The highest BCUT2D eigenvalue weighted by atomic mass is 19.4. The zero-order chi connectivity index (χ0) is 26.0. The Morgan fingerprint density at radius 2 is 1.31 bits per heavy atom. The van der Waals surface area contributed by atoms with E-state index in [4.69, 9.17) is 5.73 Å². The molecule has 11 heteroatoms. The number of hydrogen-bond donors (Lipinski definition) is 3. The second-order valence-corrected chi connectivity index (χ2v) is 7.27. The topological polar surface area (TPSA) is 84.2 Å². The highest BCUT2D eigenvalue weighted by Gasteiger charge is 2.38. The molecule has 0 saturated carbocycles. The number of benzene rings is 3. The summed E-state index contributed by atoms with van der Waals surface area (Å²) in [7, 11) is 0. The van der Waals surface area contributed by atoms with E-state index >= 15 is 0 Å². The number of rotatable bonds is 5. The van der Waals surface area contributed by atoms with Crippen LogP contribution in [0.2, 0.25) is 0 Å². The molecule has 2 amide bonds. The minimum Gasteiger partial charge on any atom is -0.399 e. The Morgan fingerprint density at radius 3 is 1.89 bits per heavy atom. The van der Waals surface area contributed by atoms with Crippen molar-refractivity contribution in [3.8, 4) is 11.1 Å². The van der Waals surface area contributed by atoms with Gasteiger partial charge in [-0.1, -0.05) is 24.8 Å². The van der Waals surface area contributed by atoms with E-state index < -0.39 is 46.4 Å². The lowest BCUT2D eigenvalue weighted by Gasteiger charge is -2.19. The van der Waals surface area contributed by atoms with Crippen LogP contribution in [0.5, 0.6) is 0 Å². The first kappa shape index (κ1) is 25.3. The normalized spacial score (nSPS) is 11.6. The molecular weight excluding hydrogens is 476 g/mol. The van der Waals surface area contributed by atoms with Crippen LogP contribution in [0.4, 0.5) is 37.7 Å². The summed E-state index contributed by atoms with van der Waals surface area (Å²) < 4.78 is 81.9. The van der Waals surface area contributed by atoms with Crippen LogP contribution in [0.1, 0.15) is 31.8 Å². The van der Waals surface area contributed by atoms with Gasteiger partial charge in [0.05, 0.1) is 11.1 Å². The standard InChI is InChI=1S/C24H17F6N3O2/c1-2-32-21(34)13-4-3-5-14(10-13)22(35)33-16-7-9-18(20(12-16)24(28,29)30)17-8-6-15(31)11-19(17)23(25,26)27/h2-12H,1,31H2,(H,32,34)(H,33,35). The Kier molecular flexibility index (Phi) is 6.90. The van der Waals surface area contributed by atoms with E-state index in [1.54, 1.807) is 0 Å². The minimum absolute atomic E-state index is 0.0303. The Labute approximate surface area is 195 Å². The third-order valence-electron chi connectivity index (χ3n) is 4.84. The Balaban J connectivity index is 2.02. The second-order valence-electron chi connectivity index (χ2n) is 7.27. The summed E-state index contributed by atoms with van der Waals surface area (Å²) in [5.41, 5.74) is 0.759. The molecule has 182 valence electrons. The molecule has 0 unspecified atom stereocenters. The van der Waals surface area contributed by atoms with Gasteiger partial charge in [0.25, 0.3) is 11.8 Å². The molecular formula is C24H17F6N3O2. The maximum atomic E-state index is 13.8. The van der Waals surface area contributed by atoms with Crippen molar-refractivity contribution in [3.63, 3.8) is 0 Å². The number of halogens is 6. The third-order valence-corrected chi connectivity index (χ3v) is 4.84. The smallest absolute Gasteiger partial charge is 0.399 e. The maximum Gasteiger partial charge on any atom is 0.417 e. The molecule has 0 fully saturated rings. The average Bonchev–Trinajstić information content (AvgIpc) is 2.78. The molecule has 3 rings (SSSR count). The first-order valence-corrected chi connectivity index (χ1v) is 9.83. The molecule has 35 heavy (non-hydrogen) atoms. The summed E-state index contributed by atoms with van der Waals surface area (Å²) in [6.07, 6.45) is -8.85. The van der Waals surface area contributed by atoms with Crippen LogP contribution < -0.4 is 16.4 Å². The average molecular weight is 493 g/mol. The van der Waals surface area contributed by atoms with Gasteiger partial charge in [0.1, 0.15) is 0 Å². The monoisotopic (exact) mass is 493 g/mol. The van der Waals surface area contributed by atoms with Gasteiger partial charge < -0.3 is 16.4 Å². The Bertz CT molecular complexity index is 1300. The van der Waals surface area contributed by atoms with Crippen LogP contribution in [0.3, 0.4) is 0 Å². The van der Waals surface area contributed by atoms with E-state index in [1.807, 2.05) is 0 Å². The second kappa shape index (κ2) is 9.53.